The lowest BCUT2D eigenvalue weighted by atomic mass is 10.1. The van der Waals surface area contributed by atoms with Crippen molar-refractivity contribution < 1.29 is 8.42 Å². The van der Waals surface area contributed by atoms with E-state index in [1.54, 1.807) is 0 Å². The fraction of sp³-hybridized carbons (Fsp3) is 0.571. The average Bonchev–Trinajstić information content (AvgIpc) is 3.15. The lowest BCUT2D eigenvalue weighted by Crippen LogP contribution is -2.34. The Morgan fingerprint density at radius 1 is 1.32 bits per heavy atom. The highest BCUT2D eigenvalue weighted by molar-refractivity contribution is 7.88. The van der Waals surface area contributed by atoms with Crippen LogP contribution in [0.4, 0.5) is 0 Å². The summed E-state index contributed by atoms with van der Waals surface area (Å²) in [7, 11) is -1.19. The predicted octanol–water partition coefficient (Wildman–Crippen LogP) is 1.51. The van der Waals surface area contributed by atoms with Gasteiger partial charge in [0.15, 0.2) is 0 Å². The van der Waals surface area contributed by atoms with Crippen molar-refractivity contribution in [3.63, 3.8) is 0 Å². The molecular formula is C14H22N2O2S. The van der Waals surface area contributed by atoms with Gasteiger partial charge in [-0.2, -0.15) is 0 Å². The topological polar surface area (TPSA) is 49.4 Å². The molecule has 19 heavy (non-hydrogen) atoms. The van der Waals surface area contributed by atoms with Crippen molar-refractivity contribution in [3.05, 3.63) is 35.4 Å². The van der Waals surface area contributed by atoms with Crippen molar-refractivity contribution in [2.45, 2.75) is 31.6 Å². The Hall–Kier alpha value is -0.910. The maximum absolute atomic E-state index is 12.0. The fourth-order valence-electron chi connectivity index (χ4n) is 2.10. The number of likely N-dealkylation sites (N-methyl/N-ethyl adjacent to an activating group) is 1. The highest BCUT2D eigenvalue weighted by atomic mass is 32.2. The SMILES string of the molecule is Cc1ccccc1CS(=O)(=O)NCCN(C)C1CC1. The van der Waals surface area contributed by atoms with Gasteiger partial charge in [0.2, 0.25) is 10.0 Å². The third kappa shape index (κ3) is 4.60. The lowest BCUT2D eigenvalue weighted by Gasteiger charge is -2.16. The van der Waals surface area contributed by atoms with E-state index in [2.05, 4.69) is 9.62 Å². The number of nitrogens with one attached hydrogen (secondary N) is 1. The molecule has 1 saturated carbocycles. The molecule has 0 bridgehead atoms. The summed E-state index contributed by atoms with van der Waals surface area (Å²) >= 11 is 0. The van der Waals surface area contributed by atoms with Gasteiger partial charge in [0, 0.05) is 19.1 Å². The van der Waals surface area contributed by atoms with Gasteiger partial charge in [-0.1, -0.05) is 24.3 Å². The van der Waals surface area contributed by atoms with E-state index in [1.807, 2.05) is 38.2 Å². The van der Waals surface area contributed by atoms with Crippen LogP contribution >= 0.6 is 0 Å². The number of hydrogen-bond donors (Lipinski definition) is 1. The first-order valence-corrected chi connectivity index (χ1v) is 8.35. The van der Waals surface area contributed by atoms with E-state index in [4.69, 9.17) is 0 Å². The maximum atomic E-state index is 12.0. The Bertz CT molecular complexity index is 524. The summed E-state index contributed by atoms with van der Waals surface area (Å²) in [5.41, 5.74) is 1.88. The zero-order valence-corrected chi connectivity index (χ0v) is 12.4. The summed E-state index contributed by atoms with van der Waals surface area (Å²) in [5, 5.41) is 0. The van der Waals surface area contributed by atoms with Crippen LogP contribution in [0, 0.1) is 6.92 Å². The molecule has 1 aromatic rings. The molecule has 106 valence electrons. The van der Waals surface area contributed by atoms with Crippen LogP contribution in [-0.2, 0) is 15.8 Å². The first kappa shape index (κ1) is 14.5. The van der Waals surface area contributed by atoms with Crippen LogP contribution in [-0.4, -0.2) is 39.5 Å². The van der Waals surface area contributed by atoms with Gasteiger partial charge in [-0.25, -0.2) is 13.1 Å². The van der Waals surface area contributed by atoms with Crippen molar-refractivity contribution >= 4 is 10.0 Å². The van der Waals surface area contributed by atoms with Crippen molar-refractivity contribution in [3.8, 4) is 0 Å². The number of nitrogens with zero attached hydrogens (tertiary/aromatic N) is 1. The second-order valence-electron chi connectivity index (χ2n) is 5.29. The van der Waals surface area contributed by atoms with Crippen LogP contribution in [0.5, 0.6) is 0 Å². The molecule has 1 fully saturated rings. The number of sulfonamides is 1. The Kier molecular flexibility index (Phi) is 4.60. The lowest BCUT2D eigenvalue weighted by molar-refractivity contribution is 0.329. The summed E-state index contributed by atoms with van der Waals surface area (Å²) in [4.78, 5) is 2.22. The molecule has 0 spiro atoms. The normalized spacial score (nSPS) is 15.9. The second-order valence-corrected chi connectivity index (χ2v) is 7.10. The maximum Gasteiger partial charge on any atom is 0.215 e. The summed E-state index contributed by atoms with van der Waals surface area (Å²) in [6.07, 6.45) is 2.49. The molecule has 0 aromatic heterocycles. The van der Waals surface area contributed by atoms with Crippen LogP contribution in [0.1, 0.15) is 24.0 Å². The van der Waals surface area contributed by atoms with Crippen molar-refractivity contribution in [2.75, 3.05) is 20.1 Å². The van der Waals surface area contributed by atoms with Crippen LogP contribution < -0.4 is 4.72 Å². The van der Waals surface area contributed by atoms with Gasteiger partial charge in [-0.15, -0.1) is 0 Å². The minimum absolute atomic E-state index is 0.0623. The summed E-state index contributed by atoms with van der Waals surface area (Å²) in [6, 6.07) is 8.26. The van der Waals surface area contributed by atoms with Gasteiger partial charge < -0.3 is 4.90 Å². The van der Waals surface area contributed by atoms with Crippen LogP contribution in [0.25, 0.3) is 0 Å². The van der Waals surface area contributed by atoms with Crippen LogP contribution in [0.2, 0.25) is 0 Å². The first-order chi connectivity index (χ1) is 8.98. The molecule has 1 aromatic carbocycles. The second kappa shape index (κ2) is 6.03. The Labute approximate surface area is 115 Å². The highest BCUT2D eigenvalue weighted by Gasteiger charge is 2.25. The molecule has 0 heterocycles. The third-order valence-corrected chi connectivity index (χ3v) is 4.90. The first-order valence-electron chi connectivity index (χ1n) is 6.70. The van der Waals surface area contributed by atoms with E-state index in [1.165, 1.54) is 12.8 Å². The monoisotopic (exact) mass is 282 g/mol. The number of benzene rings is 1. The molecule has 1 aliphatic carbocycles. The standard InChI is InChI=1S/C14H22N2O2S/c1-12-5-3-4-6-13(12)11-19(17,18)15-9-10-16(2)14-7-8-14/h3-6,14-15H,7-11H2,1-2H3. The van der Waals surface area contributed by atoms with Crippen molar-refractivity contribution in [1.29, 1.82) is 0 Å². The Morgan fingerprint density at radius 2 is 2.00 bits per heavy atom. The molecular weight excluding hydrogens is 260 g/mol. The molecule has 0 unspecified atom stereocenters. The van der Waals surface area contributed by atoms with Crippen LogP contribution in [0.15, 0.2) is 24.3 Å². The number of hydrogen-bond acceptors (Lipinski definition) is 3. The summed E-state index contributed by atoms with van der Waals surface area (Å²) in [5.74, 6) is 0.0623. The summed E-state index contributed by atoms with van der Waals surface area (Å²) in [6.45, 7) is 3.20. The van der Waals surface area contributed by atoms with Gasteiger partial charge in [0.1, 0.15) is 0 Å². The largest absolute Gasteiger partial charge is 0.302 e. The van der Waals surface area contributed by atoms with E-state index < -0.39 is 10.0 Å². The van der Waals surface area contributed by atoms with Crippen molar-refractivity contribution in [1.82, 2.24) is 9.62 Å². The number of aryl methyl sites for hydroxylation is 1. The summed E-state index contributed by atoms with van der Waals surface area (Å²) < 4.78 is 26.7. The van der Waals surface area contributed by atoms with E-state index in [0.29, 0.717) is 12.6 Å². The van der Waals surface area contributed by atoms with Gasteiger partial charge >= 0.3 is 0 Å². The van der Waals surface area contributed by atoms with Gasteiger partial charge in [-0.3, -0.25) is 0 Å². The molecule has 4 nitrogen and oxygen atoms in total. The zero-order chi connectivity index (χ0) is 13.9. The molecule has 0 amide bonds. The molecule has 0 saturated heterocycles. The number of rotatable bonds is 7. The average molecular weight is 282 g/mol. The van der Waals surface area contributed by atoms with Gasteiger partial charge in [-0.05, 0) is 37.9 Å². The molecule has 0 atom stereocenters. The minimum Gasteiger partial charge on any atom is -0.302 e. The smallest absolute Gasteiger partial charge is 0.215 e. The van der Waals surface area contributed by atoms with Gasteiger partial charge in [0.05, 0.1) is 5.75 Å². The van der Waals surface area contributed by atoms with E-state index in [-0.39, 0.29) is 5.75 Å². The highest BCUT2D eigenvalue weighted by Crippen LogP contribution is 2.24. The molecule has 1 aliphatic rings. The quantitative estimate of drug-likeness (QED) is 0.824. The zero-order valence-electron chi connectivity index (χ0n) is 11.6. The predicted molar refractivity (Wildman–Crippen MR) is 77.5 cm³/mol. The van der Waals surface area contributed by atoms with E-state index >= 15 is 0 Å². The fourth-order valence-corrected chi connectivity index (χ4v) is 3.34. The third-order valence-electron chi connectivity index (χ3n) is 3.56. The van der Waals surface area contributed by atoms with E-state index in [9.17, 15) is 8.42 Å². The molecule has 0 aliphatic heterocycles. The molecule has 0 radical (unpaired) electrons. The van der Waals surface area contributed by atoms with E-state index in [0.717, 1.165) is 17.7 Å². The minimum atomic E-state index is -3.23. The Morgan fingerprint density at radius 3 is 2.63 bits per heavy atom. The molecule has 5 heteroatoms. The van der Waals surface area contributed by atoms with Crippen LogP contribution in [0.3, 0.4) is 0 Å². The van der Waals surface area contributed by atoms with Gasteiger partial charge in [0.25, 0.3) is 0 Å². The Balaban J connectivity index is 1.83. The molecule has 2 rings (SSSR count). The van der Waals surface area contributed by atoms with Crippen molar-refractivity contribution in [2.24, 2.45) is 0 Å². The molecule has 1 N–H and O–H groups in total.